The summed E-state index contributed by atoms with van der Waals surface area (Å²) in [7, 11) is 3.14. The summed E-state index contributed by atoms with van der Waals surface area (Å²) >= 11 is 1.13. The van der Waals surface area contributed by atoms with Crippen LogP contribution in [-0.2, 0) is 4.74 Å². The van der Waals surface area contributed by atoms with Crippen molar-refractivity contribution in [3.8, 4) is 28.7 Å². The lowest BCUT2D eigenvalue weighted by molar-refractivity contribution is 0.0518. The smallest absolute Gasteiger partial charge is 0.357 e. The third-order valence-corrected chi connectivity index (χ3v) is 6.64. The van der Waals surface area contributed by atoms with Gasteiger partial charge in [0.25, 0.3) is 0 Å². The molecule has 0 radical (unpaired) electrons. The molecule has 3 aromatic carbocycles. The highest BCUT2D eigenvalue weighted by Gasteiger charge is 2.28. The van der Waals surface area contributed by atoms with Crippen LogP contribution in [0.2, 0.25) is 0 Å². The van der Waals surface area contributed by atoms with E-state index in [-0.39, 0.29) is 13.4 Å². The van der Waals surface area contributed by atoms with E-state index >= 15 is 0 Å². The highest BCUT2D eigenvalue weighted by atomic mass is 32.1. The second kappa shape index (κ2) is 9.17. The van der Waals surface area contributed by atoms with Crippen molar-refractivity contribution in [3.05, 3.63) is 54.2 Å². The summed E-state index contributed by atoms with van der Waals surface area (Å²) in [6, 6.07) is 14.8. The monoisotopic (exact) mass is 518 g/mol. The third-order valence-electron chi connectivity index (χ3n) is 6.10. The first-order valence-corrected chi connectivity index (χ1v) is 12.2. The lowest BCUT2D eigenvalue weighted by Gasteiger charge is -2.13. The summed E-state index contributed by atoms with van der Waals surface area (Å²) in [6.45, 7) is 2.12. The molecule has 37 heavy (non-hydrogen) atoms. The zero-order valence-corrected chi connectivity index (χ0v) is 21.0. The van der Waals surface area contributed by atoms with Gasteiger partial charge in [-0.25, -0.2) is 4.79 Å². The van der Waals surface area contributed by atoms with E-state index in [1.807, 2.05) is 53.1 Å². The van der Waals surface area contributed by atoms with Crippen molar-refractivity contribution in [2.75, 3.05) is 32.9 Å². The second-order valence-electron chi connectivity index (χ2n) is 8.10. The molecule has 0 fully saturated rings. The molecule has 11 heteroatoms. The number of nitrogens with one attached hydrogen (secondary N) is 1. The van der Waals surface area contributed by atoms with E-state index in [0.29, 0.717) is 56.8 Å². The van der Waals surface area contributed by atoms with Crippen molar-refractivity contribution in [1.29, 1.82) is 0 Å². The Morgan fingerprint density at radius 3 is 2.68 bits per heavy atom. The molecule has 0 saturated carbocycles. The normalized spacial score (nSPS) is 12.2. The van der Waals surface area contributed by atoms with Gasteiger partial charge < -0.3 is 33.6 Å². The average molecular weight is 519 g/mol. The summed E-state index contributed by atoms with van der Waals surface area (Å²) in [5.41, 5.74) is 4.38. The number of benzene rings is 3. The van der Waals surface area contributed by atoms with Gasteiger partial charge in [-0.15, -0.1) is 0 Å². The summed E-state index contributed by atoms with van der Waals surface area (Å²) in [5, 5.41) is 4.17. The molecule has 0 bridgehead atoms. The van der Waals surface area contributed by atoms with E-state index < -0.39 is 5.97 Å². The first-order valence-electron chi connectivity index (χ1n) is 11.5. The maximum Gasteiger partial charge on any atom is 0.357 e. The fourth-order valence-corrected chi connectivity index (χ4v) is 5.02. The summed E-state index contributed by atoms with van der Waals surface area (Å²) in [4.78, 5) is 13.5. The van der Waals surface area contributed by atoms with Gasteiger partial charge in [0, 0.05) is 17.5 Å². The lowest BCUT2D eigenvalue weighted by Crippen LogP contribution is -2.13. The number of carbonyl (C=O) groups is 1. The molecular weight excluding hydrogens is 496 g/mol. The average Bonchev–Trinajstić information content (AvgIpc) is 3.65. The van der Waals surface area contributed by atoms with Crippen LogP contribution < -0.4 is 24.3 Å². The zero-order chi connectivity index (χ0) is 25.5. The lowest BCUT2D eigenvalue weighted by atomic mass is 10.1. The number of methoxy groups -OCH3 is 2. The highest BCUT2D eigenvalue weighted by molar-refractivity contribution is 7.00. The Morgan fingerprint density at radius 1 is 1.05 bits per heavy atom. The molecular formula is C26H22N4O6S. The predicted octanol–water partition coefficient (Wildman–Crippen LogP) is 5.30. The van der Waals surface area contributed by atoms with Gasteiger partial charge in [0.2, 0.25) is 6.79 Å². The Bertz CT molecular complexity index is 1660. The number of anilines is 2. The van der Waals surface area contributed by atoms with Crippen LogP contribution in [0, 0.1) is 0 Å². The van der Waals surface area contributed by atoms with E-state index in [4.69, 9.17) is 23.7 Å². The van der Waals surface area contributed by atoms with Crippen molar-refractivity contribution in [2.45, 2.75) is 6.92 Å². The van der Waals surface area contributed by atoms with Crippen molar-refractivity contribution >= 4 is 51.0 Å². The van der Waals surface area contributed by atoms with E-state index in [0.717, 1.165) is 22.6 Å². The number of hydrogen-bond donors (Lipinski definition) is 1. The van der Waals surface area contributed by atoms with Gasteiger partial charge in [0.05, 0.1) is 55.1 Å². The molecule has 10 nitrogen and oxygen atoms in total. The number of carbonyl (C=O) groups excluding carboxylic acids is 1. The number of esters is 1. The van der Waals surface area contributed by atoms with Gasteiger partial charge in [-0.05, 0) is 37.3 Å². The molecule has 0 amide bonds. The first kappa shape index (κ1) is 22.9. The maximum atomic E-state index is 13.5. The fourth-order valence-electron chi connectivity index (χ4n) is 4.47. The van der Waals surface area contributed by atoms with Gasteiger partial charge in [0.15, 0.2) is 28.7 Å². The summed E-state index contributed by atoms with van der Waals surface area (Å²) in [5.74, 6) is 1.76. The van der Waals surface area contributed by atoms with E-state index in [9.17, 15) is 4.79 Å². The number of ether oxygens (including phenoxy) is 5. The molecule has 1 aliphatic rings. The summed E-state index contributed by atoms with van der Waals surface area (Å²) < 4.78 is 38.4. The number of fused-ring (bicyclic) bond motifs is 3. The van der Waals surface area contributed by atoms with Gasteiger partial charge in [-0.3, -0.25) is 0 Å². The SMILES string of the molecule is CCOC(=O)c1c(Nc2cccc3nsnc23)c2cc(OC)c(OC)cc2n1-c1ccc2c(c1)OCO2. The fraction of sp³-hybridized carbons (Fsp3) is 0.192. The number of hydrogen-bond acceptors (Lipinski definition) is 10. The van der Waals surface area contributed by atoms with Crippen LogP contribution in [0.15, 0.2) is 48.5 Å². The molecule has 3 heterocycles. The van der Waals surface area contributed by atoms with Crippen LogP contribution in [0.3, 0.4) is 0 Å². The molecule has 0 aliphatic carbocycles. The number of nitrogens with zero attached hydrogens (tertiary/aromatic N) is 3. The van der Waals surface area contributed by atoms with E-state index in [1.54, 1.807) is 21.1 Å². The van der Waals surface area contributed by atoms with Crippen LogP contribution in [-0.4, -0.2) is 46.9 Å². The molecule has 1 aliphatic heterocycles. The Labute approximate surface area is 215 Å². The van der Waals surface area contributed by atoms with Crippen LogP contribution >= 0.6 is 11.7 Å². The first-order chi connectivity index (χ1) is 18.1. The Hall–Kier alpha value is -4.51. The Kier molecular flexibility index (Phi) is 5.68. The minimum Gasteiger partial charge on any atom is -0.493 e. The Morgan fingerprint density at radius 2 is 1.86 bits per heavy atom. The van der Waals surface area contributed by atoms with Crippen LogP contribution in [0.5, 0.6) is 23.0 Å². The molecule has 6 rings (SSSR count). The molecule has 188 valence electrons. The second-order valence-corrected chi connectivity index (χ2v) is 8.63. The minimum atomic E-state index is -0.500. The van der Waals surface area contributed by atoms with E-state index in [2.05, 4.69) is 14.1 Å². The van der Waals surface area contributed by atoms with Crippen LogP contribution in [0.4, 0.5) is 11.4 Å². The standard InChI is InChI=1S/C26H22N4O6S/c1-4-34-26(31)25-23(27-16-6-5-7-17-24(16)29-37-28-17)15-11-20(32-2)21(33-3)12-18(15)30(25)14-8-9-19-22(10-14)36-13-35-19/h5-12,27H,4,13H2,1-3H3. The number of rotatable bonds is 7. The van der Waals surface area contributed by atoms with Crippen molar-refractivity contribution < 1.29 is 28.5 Å². The molecule has 0 unspecified atom stereocenters. The van der Waals surface area contributed by atoms with Gasteiger partial charge in [-0.1, -0.05) is 6.07 Å². The summed E-state index contributed by atoms with van der Waals surface area (Å²) in [6.07, 6.45) is 0. The largest absolute Gasteiger partial charge is 0.493 e. The molecule has 2 aromatic heterocycles. The molecule has 0 spiro atoms. The third kappa shape index (κ3) is 3.75. The molecule has 5 aromatic rings. The van der Waals surface area contributed by atoms with Gasteiger partial charge in [-0.2, -0.15) is 8.75 Å². The van der Waals surface area contributed by atoms with Gasteiger partial charge >= 0.3 is 5.97 Å². The van der Waals surface area contributed by atoms with Crippen molar-refractivity contribution in [2.24, 2.45) is 0 Å². The predicted molar refractivity (Wildman–Crippen MR) is 139 cm³/mol. The zero-order valence-electron chi connectivity index (χ0n) is 20.2. The van der Waals surface area contributed by atoms with Crippen LogP contribution in [0.25, 0.3) is 27.6 Å². The molecule has 1 N–H and O–H groups in total. The molecule has 0 atom stereocenters. The van der Waals surface area contributed by atoms with E-state index in [1.165, 1.54) is 0 Å². The van der Waals surface area contributed by atoms with Crippen molar-refractivity contribution in [1.82, 2.24) is 13.3 Å². The Balaban J connectivity index is 1.67. The van der Waals surface area contributed by atoms with Crippen molar-refractivity contribution in [3.63, 3.8) is 0 Å². The molecule has 0 saturated heterocycles. The van der Waals surface area contributed by atoms with Crippen LogP contribution in [0.1, 0.15) is 17.4 Å². The number of aromatic nitrogens is 3. The van der Waals surface area contributed by atoms with Gasteiger partial charge in [0.1, 0.15) is 11.0 Å². The topological polar surface area (TPSA) is 106 Å². The minimum absolute atomic E-state index is 0.138. The quantitative estimate of drug-likeness (QED) is 0.287. The maximum absolute atomic E-state index is 13.5. The highest BCUT2D eigenvalue weighted by Crippen LogP contribution is 2.44.